The summed E-state index contributed by atoms with van der Waals surface area (Å²) in [5.74, 6) is -0.00656. The Morgan fingerprint density at radius 3 is 2.74 bits per heavy atom. The molecule has 0 radical (unpaired) electrons. The van der Waals surface area contributed by atoms with E-state index in [4.69, 9.17) is 4.74 Å². The summed E-state index contributed by atoms with van der Waals surface area (Å²) >= 11 is 0. The molecular weight excluding hydrogens is 337 g/mol. The van der Waals surface area contributed by atoms with Crippen molar-refractivity contribution in [1.29, 1.82) is 0 Å². The standard InChI is InChI=1S/C16H25N3O2.2ClH/c1-19(13-14-6-3-2-4-7-14)10-5-8-18-16(20)15-12-17-9-11-21-15;;/h2-4,6-7,15,17H,5,8-13H2,1H3,(H,18,20);2*1H. The molecule has 1 aliphatic rings. The van der Waals surface area contributed by atoms with Gasteiger partial charge < -0.3 is 20.3 Å². The van der Waals surface area contributed by atoms with Crippen LogP contribution in [0.4, 0.5) is 0 Å². The van der Waals surface area contributed by atoms with Crippen LogP contribution in [0, 0.1) is 0 Å². The van der Waals surface area contributed by atoms with Crippen molar-refractivity contribution in [3.8, 4) is 0 Å². The average Bonchev–Trinajstić information content (AvgIpc) is 2.53. The van der Waals surface area contributed by atoms with Gasteiger partial charge in [0.1, 0.15) is 6.10 Å². The summed E-state index contributed by atoms with van der Waals surface area (Å²) in [4.78, 5) is 14.1. The minimum Gasteiger partial charge on any atom is -0.366 e. The number of carbonyl (C=O) groups is 1. The Morgan fingerprint density at radius 2 is 2.09 bits per heavy atom. The van der Waals surface area contributed by atoms with Gasteiger partial charge in [0.2, 0.25) is 5.91 Å². The van der Waals surface area contributed by atoms with Gasteiger partial charge in [0.15, 0.2) is 0 Å². The second kappa shape index (κ2) is 12.6. The highest BCUT2D eigenvalue weighted by Gasteiger charge is 2.20. The molecule has 2 N–H and O–H groups in total. The van der Waals surface area contributed by atoms with E-state index >= 15 is 0 Å². The number of morpholine rings is 1. The van der Waals surface area contributed by atoms with Gasteiger partial charge in [0.05, 0.1) is 6.61 Å². The van der Waals surface area contributed by atoms with Crippen LogP contribution in [0.1, 0.15) is 12.0 Å². The summed E-state index contributed by atoms with van der Waals surface area (Å²) in [6, 6.07) is 10.4. The van der Waals surface area contributed by atoms with E-state index in [-0.39, 0.29) is 36.8 Å². The molecule has 1 aromatic rings. The Hall–Kier alpha value is -0.850. The molecule has 0 saturated carbocycles. The van der Waals surface area contributed by atoms with Crippen LogP contribution < -0.4 is 10.6 Å². The first-order chi connectivity index (χ1) is 10.3. The van der Waals surface area contributed by atoms with E-state index in [9.17, 15) is 4.79 Å². The molecule has 1 unspecified atom stereocenters. The Kier molecular flexibility index (Phi) is 12.1. The third kappa shape index (κ3) is 8.53. The molecule has 0 aromatic heterocycles. The smallest absolute Gasteiger partial charge is 0.250 e. The number of amides is 1. The minimum atomic E-state index is -0.333. The van der Waals surface area contributed by atoms with Crippen LogP contribution in [0.3, 0.4) is 0 Å². The highest BCUT2D eigenvalue weighted by atomic mass is 35.5. The van der Waals surface area contributed by atoms with Crippen LogP contribution in [0.15, 0.2) is 30.3 Å². The van der Waals surface area contributed by atoms with E-state index in [1.807, 2.05) is 6.07 Å². The van der Waals surface area contributed by atoms with Crippen molar-refractivity contribution in [2.75, 3.05) is 39.8 Å². The molecule has 5 nitrogen and oxygen atoms in total. The number of nitrogens with one attached hydrogen (secondary N) is 2. The third-order valence-electron chi connectivity index (χ3n) is 3.53. The van der Waals surface area contributed by atoms with Crippen molar-refractivity contribution in [2.24, 2.45) is 0 Å². The number of benzene rings is 1. The fourth-order valence-electron chi connectivity index (χ4n) is 2.38. The van der Waals surface area contributed by atoms with Gasteiger partial charge in [-0.2, -0.15) is 0 Å². The first-order valence-corrected chi connectivity index (χ1v) is 7.58. The summed E-state index contributed by atoms with van der Waals surface area (Å²) in [6.07, 6.45) is 0.607. The van der Waals surface area contributed by atoms with Crippen LogP contribution >= 0.6 is 24.8 Å². The molecule has 0 bridgehead atoms. The predicted molar refractivity (Wildman–Crippen MR) is 97.5 cm³/mol. The summed E-state index contributed by atoms with van der Waals surface area (Å²) in [5, 5.41) is 6.10. The van der Waals surface area contributed by atoms with Crippen molar-refractivity contribution >= 4 is 30.7 Å². The molecule has 1 aliphatic heterocycles. The zero-order valence-electron chi connectivity index (χ0n) is 13.5. The zero-order valence-corrected chi connectivity index (χ0v) is 15.1. The molecule has 1 saturated heterocycles. The Balaban J connectivity index is 0.00000242. The predicted octanol–water partition coefficient (Wildman–Crippen LogP) is 1.46. The minimum absolute atomic E-state index is 0. The summed E-state index contributed by atoms with van der Waals surface area (Å²) in [6.45, 7) is 4.63. The molecule has 132 valence electrons. The Labute approximate surface area is 151 Å². The van der Waals surface area contributed by atoms with E-state index in [0.29, 0.717) is 19.7 Å². The van der Waals surface area contributed by atoms with E-state index in [1.165, 1.54) is 5.56 Å². The zero-order chi connectivity index (χ0) is 14.9. The lowest BCUT2D eigenvalue weighted by Crippen LogP contribution is -2.48. The number of hydrogen-bond acceptors (Lipinski definition) is 4. The van der Waals surface area contributed by atoms with Crippen LogP contribution in [0.2, 0.25) is 0 Å². The first kappa shape index (κ1) is 22.1. The van der Waals surface area contributed by atoms with E-state index in [1.54, 1.807) is 0 Å². The normalized spacial score (nSPS) is 17.0. The van der Waals surface area contributed by atoms with Crippen LogP contribution in [0.25, 0.3) is 0 Å². The summed E-state index contributed by atoms with van der Waals surface area (Å²) in [5.41, 5.74) is 1.31. The van der Waals surface area contributed by atoms with Crippen molar-refractivity contribution in [3.63, 3.8) is 0 Å². The maximum absolute atomic E-state index is 11.8. The van der Waals surface area contributed by atoms with Gasteiger partial charge in [-0.05, 0) is 25.6 Å². The lowest BCUT2D eigenvalue weighted by atomic mass is 10.2. The quantitative estimate of drug-likeness (QED) is 0.720. The maximum atomic E-state index is 11.8. The largest absolute Gasteiger partial charge is 0.366 e. The Bertz CT molecular complexity index is 429. The molecule has 2 rings (SSSR count). The second-order valence-electron chi connectivity index (χ2n) is 5.43. The molecule has 1 amide bonds. The van der Waals surface area contributed by atoms with Crippen molar-refractivity contribution in [3.05, 3.63) is 35.9 Å². The molecule has 23 heavy (non-hydrogen) atoms. The molecule has 1 heterocycles. The summed E-state index contributed by atoms with van der Waals surface area (Å²) in [7, 11) is 2.10. The molecule has 0 spiro atoms. The molecule has 1 atom stereocenters. The number of carbonyl (C=O) groups excluding carboxylic acids is 1. The number of rotatable bonds is 7. The maximum Gasteiger partial charge on any atom is 0.250 e. The lowest BCUT2D eigenvalue weighted by molar-refractivity contribution is -0.134. The number of halogens is 2. The van der Waals surface area contributed by atoms with E-state index in [0.717, 1.165) is 26.1 Å². The monoisotopic (exact) mass is 363 g/mol. The molecule has 1 aromatic carbocycles. The number of ether oxygens (including phenoxy) is 1. The SMILES string of the molecule is CN(CCCNC(=O)C1CNCCO1)Cc1ccccc1.Cl.Cl. The highest BCUT2D eigenvalue weighted by molar-refractivity contribution is 5.85. The van der Waals surface area contributed by atoms with Gasteiger partial charge in [-0.25, -0.2) is 0 Å². The topological polar surface area (TPSA) is 53.6 Å². The van der Waals surface area contributed by atoms with Gasteiger partial charge in [0, 0.05) is 26.2 Å². The molecule has 1 fully saturated rings. The van der Waals surface area contributed by atoms with E-state index in [2.05, 4.69) is 46.8 Å². The fourth-order valence-corrected chi connectivity index (χ4v) is 2.38. The molecular formula is C16H27Cl2N3O2. The molecule has 0 aliphatic carbocycles. The van der Waals surface area contributed by atoms with Crippen LogP contribution in [-0.4, -0.2) is 56.7 Å². The van der Waals surface area contributed by atoms with Crippen molar-refractivity contribution in [2.45, 2.75) is 19.1 Å². The van der Waals surface area contributed by atoms with Gasteiger partial charge in [-0.3, -0.25) is 4.79 Å². The van der Waals surface area contributed by atoms with Crippen LogP contribution in [0.5, 0.6) is 0 Å². The number of hydrogen-bond donors (Lipinski definition) is 2. The second-order valence-corrected chi connectivity index (χ2v) is 5.43. The molecule has 7 heteroatoms. The van der Waals surface area contributed by atoms with E-state index < -0.39 is 0 Å². The fraction of sp³-hybridized carbons (Fsp3) is 0.562. The van der Waals surface area contributed by atoms with Crippen molar-refractivity contribution in [1.82, 2.24) is 15.5 Å². The van der Waals surface area contributed by atoms with Crippen LogP contribution in [-0.2, 0) is 16.1 Å². The lowest BCUT2D eigenvalue weighted by Gasteiger charge is -2.23. The first-order valence-electron chi connectivity index (χ1n) is 7.58. The van der Waals surface area contributed by atoms with Gasteiger partial charge >= 0.3 is 0 Å². The average molecular weight is 364 g/mol. The van der Waals surface area contributed by atoms with Crippen molar-refractivity contribution < 1.29 is 9.53 Å². The Morgan fingerprint density at radius 1 is 1.35 bits per heavy atom. The highest BCUT2D eigenvalue weighted by Crippen LogP contribution is 2.02. The van der Waals surface area contributed by atoms with Gasteiger partial charge in [0.25, 0.3) is 0 Å². The summed E-state index contributed by atoms with van der Waals surface area (Å²) < 4.78 is 5.41. The van der Waals surface area contributed by atoms with Gasteiger partial charge in [-0.15, -0.1) is 24.8 Å². The number of nitrogens with zero attached hydrogens (tertiary/aromatic N) is 1. The third-order valence-corrected chi connectivity index (χ3v) is 3.53. The van der Waals surface area contributed by atoms with Gasteiger partial charge in [-0.1, -0.05) is 30.3 Å².